The van der Waals surface area contributed by atoms with E-state index >= 15 is 0 Å². The van der Waals surface area contributed by atoms with Gasteiger partial charge in [-0.25, -0.2) is 4.79 Å². The molecule has 0 saturated carbocycles. The minimum Gasteiger partial charge on any atom is -0.476 e. The number of carboxylic acid groups (broad SMARTS) is 1. The fourth-order valence-electron chi connectivity index (χ4n) is 1.01. The van der Waals surface area contributed by atoms with Crippen LogP contribution in [0.15, 0.2) is 35.5 Å². The fraction of sp³-hybridized carbons (Fsp3) is 0.273. The van der Waals surface area contributed by atoms with Crippen molar-refractivity contribution in [2.24, 2.45) is 5.16 Å². The maximum atomic E-state index is 10.9. The molecule has 0 radical (unpaired) electrons. The van der Waals surface area contributed by atoms with Gasteiger partial charge in [-0.1, -0.05) is 42.4 Å². The first kappa shape index (κ1) is 11.2. The largest absolute Gasteiger partial charge is 0.476 e. The molecule has 0 aromatic heterocycles. The number of aliphatic carboxylic acids is 1. The van der Waals surface area contributed by atoms with E-state index in [4.69, 9.17) is 9.94 Å². The Kier molecular flexibility index (Phi) is 4.34. The molecule has 0 atom stereocenters. The number of hydrogen-bond donors (Lipinski definition) is 1. The van der Waals surface area contributed by atoms with Crippen molar-refractivity contribution >= 4 is 11.7 Å². The lowest BCUT2D eigenvalue weighted by Gasteiger charge is -2.01. The Morgan fingerprint density at radius 3 is 2.60 bits per heavy atom. The van der Waals surface area contributed by atoms with E-state index in [1.165, 1.54) is 0 Å². The molecule has 0 aliphatic carbocycles. The maximum Gasteiger partial charge on any atom is 0.358 e. The van der Waals surface area contributed by atoms with Crippen LogP contribution >= 0.6 is 0 Å². The topological polar surface area (TPSA) is 58.9 Å². The zero-order valence-corrected chi connectivity index (χ0v) is 8.51. The third-order valence-electron chi connectivity index (χ3n) is 1.70. The Hall–Kier alpha value is -1.84. The Labute approximate surface area is 88.2 Å². The maximum absolute atomic E-state index is 10.9. The summed E-state index contributed by atoms with van der Waals surface area (Å²) in [6.45, 7) is 2.35. The van der Waals surface area contributed by atoms with Gasteiger partial charge in [0.25, 0.3) is 0 Å². The van der Waals surface area contributed by atoms with Gasteiger partial charge in [-0.2, -0.15) is 0 Å². The molecule has 4 heteroatoms. The second kappa shape index (κ2) is 5.80. The highest BCUT2D eigenvalue weighted by atomic mass is 16.6. The molecule has 1 rings (SSSR count). The van der Waals surface area contributed by atoms with Crippen molar-refractivity contribution in [1.29, 1.82) is 0 Å². The second-order valence-electron chi connectivity index (χ2n) is 2.94. The number of nitrogens with zero attached hydrogens (tertiary/aromatic N) is 1. The molecule has 0 aliphatic rings. The lowest BCUT2D eigenvalue weighted by Crippen LogP contribution is -2.15. The third kappa shape index (κ3) is 3.42. The number of oxime groups is 1. The monoisotopic (exact) mass is 207 g/mol. The van der Waals surface area contributed by atoms with E-state index in [9.17, 15) is 4.79 Å². The SMILES string of the molecule is CCCON=C(C(=O)O)c1ccccc1. The van der Waals surface area contributed by atoms with Crippen LogP contribution in [-0.4, -0.2) is 23.4 Å². The van der Waals surface area contributed by atoms with E-state index in [1.807, 2.05) is 13.0 Å². The first-order valence-electron chi connectivity index (χ1n) is 4.74. The Balaban J connectivity index is 2.84. The molecule has 1 N–H and O–H groups in total. The van der Waals surface area contributed by atoms with Crippen LogP contribution in [0.1, 0.15) is 18.9 Å². The summed E-state index contributed by atoms with van der Waals surface area (Å²) in [6, 6.07) is 8.70. The van der Waals surface area contributed by atoms with Gasteiger partial charge in [0.1, 0.15) is 6.61 Å². The Morgan fingerprint density at radius 1 is 1.40 bits per heavy atom. The van der Waals surface area contributed by atoms with Gasteiger partial charge >= 0.3 is 5.97 Å². The summed E-state index contributed by atoms with van der Waals surface area (Å²) in [7, 11) is 0. The Bertz CT molecular complexity index is 346. The summed E-state index contributed by atoms with van der Waals surface area (Å²) in [5, 5.41) is 12.5. The van der Waals surface area contributed by atoms with E-state index in [1.54, 1.807) is 24.3 Å². The predicted molar refractivity (Wildman–Crippen MR) is 56.9 cm³/mol. The number of benzene rings is 1. The highest BCUT2D eigenvalue weighted by Crippen LogP contribution is 2.02. The van der Waals surface area contributed by atoms with Crippen LogP contribution in [0.25, 0.3) is 0 Å². The number of rotatable bonds is 5. The number of hydrogen-bond acceptors (Lipinski definition) is 3. The van der Waals surface area contributed by atoms with E-state index < -0.39 is 5.97 Å². The average molecular weight is 207 g/mol. The Morgan fingerprint density at radius 2 is 2.07 bits per heavy atom. The van der Waals surface area contributed by atoms with E-state index in [0.717, 1.165) is 6.42 Å². The predicted octanol–water partition coefficient (Wildman–Crippen LogP) is 1.90. The van der Waals surface area contributed by atoms with Crippen molar-refractivity contribution in [1.82, 2.24) is 0 Å². The molecule has 1 aromatic carbocycles. The first-order chi connectivity index (χ1) is 7.25. The number of carboxylic acids is 1. The van der Waals surface area contributed by atoms with Crippen LogP contribution in [0.5, 0.6) is 0 Å². The van der Waals surface area contributed by atoms with Gasteiger partial charge in [-0.05, 0) is 6.42 Å². The van der Waals surface area contributed by atoms with Crippen LogP contribution in [0.4, 0.5) is 0 Å². The van der Waals surface area contributed by atoms with E-state index in [2.05, 4.69) is 5.16 Å². The van der Waals surface area contributed by atoms with Gasteiger partial charge in [-0.3, -0.25) is 0 Å². The third-order valence-corrected chi connectivity index (χ3v) is 1.70. The van der Waals surface area contributed by atoms with Crippen molar-refractivity contribution in [2.75, 3.05) is 6.61 Å². The quantitative estimate of drug-likeness (QED) is 0.455. The van der Waals surface area contributed by atoms with Gasteiger partial charge in [-0.15, -0.1) is 0 Å². The minimum absolute atomic E-state index is 0.0657. The second-order valence-corrected chi connectivity index (χ2v) is 2.94. The van der Waals surface area contributed by atoms with Crippen molar-refractivity contribution in [2.45, 2.75) is 13.3 Å². The number of carbonyl (C=O) groups is 1. The molecule has 1 aromatic rings. The van der Waals surface area contributed by atoms with E-state index in [0.29, 0.717) is 12.2 Å². The first-order valence-corrected chi connectivity index (χ1v) is 4.74. The lowest BCUT2D eigenvalue weighted by molar-refractivity contribution is -0.129. The fourth-order valence-corrected chi connectivity index (χ4v) is 1.01. The molecule has 0 fully saturated rings. The molecule has 0 bridgehead atoms. The van der Waals surface area contributed by atoms with Crippen molar-refractivity contribution in [3.8, 4) is 0 Å². The van der Waals surface area contributed by atoms with Crippen molar-refractivity contribution in [3.05, 3.63) is 35.9 Å². The summed E-state index contributed by atoms with van der Waals surface area (Å²) in [5.74, 6) is -1.09. The molecular weight excluding hydrogens is 194 g/mol. The van der Waals surface area contributed by atoms with Crippen LogP contribution in [0.3, 0.4) is 0 Å². The molecule has 0 spiro atoms. The molecular formula is C11H13NO3. The molecule has 0 aliphatic heterocycles. The van der Waals surface area contributed by atoms with Gasteiger partial charge in [0.2, 0.25) is 0 Å². The van der Waals surface area contributed by atoms with Crippen molar-refractivity contribution in [3.63, 3.8) is 0 Å². The molecule has 0 heterocycles. The van der Waals surface area contributed by atoms with Gasteiger partial charge in [0, 0.05) is 5.56 Å². The standard InChI is InChI=1S/C11H13NO3/c1-2-8-15-12-10(11(13)14)9-6-4-3-5-7-9/h3-7H,2,8H2,1H3,(H,13,14). The van der Waals surface area contributed by atoms with Crippen LogP contribution < -0.4 is 0 Å². The molecule has 0 amide bonds. The van der Waals surface area contributed by atoms with Crippen LogP contribution in [0.2, 0.25) is 0 Å². The van der Waals surface area contributed by atoms with Crippen LogP contribution in [-0.2, 0) is 9.63 Å². The molecule has 0 saturated heterocycles. The summed E-state index contributed by atoms with van der Waals surface area (Å²) >= 11 is 0. The molecule has 80 valence electrons. The highest BCUT2D eigenvalue weighted by molar-refractivity contribution is 6.42. The van der Waals surface area contributed by atoms with Crippen molar-refractivity contribution < 1.29 is 14.7 Å². The summed E-state index contributed by atoms with van der Waals surface area (Å²) in [5.41, 5.74) is 0.477. The lowest BCUT2D eigenvalue weighted by atomic mass is 10.1. The van der Waals surface area contributed by atoms with Gasteiger partial charge in [0.05, 0.1) is 0 Å². The average Bonchev–Trinajstić information content (AvgIpc) is 2.25. The van der Waals surface area contributed by atoms with Crippen LogP contribution in [0, 0.1) is 0 Å². The molecule has 4 nitrogen and oxygen atoms in total. The highest BCUT2D eigenvalue weighted by Gasteiger charge is 2.12. The van der Waals surface area contributed by atoms with E-state index in [-0.39, 0.29) is 5.71 Å². The van der Waals surface area contributed by atoms with Gasteiger partial charge in [0.15, 0.2) is 5.71 Å². The van der Waals surface area contributed by atoms with Gasteiger partial charge < -0.3 is 9.94 Å². The summed E-state index contributed by atoms with van der Waals surface area (Å²) in [4.78, 5) is 15.8. The minimum atomic E-state index is -1.09. The smallest absolute Gasteiger partial charge is 0.358 e. The zero-order valence-electron chi connectivity index (χ0n) is 8.51. The summed E-state index contributed by atoms with van der Waals surface area (Å²) in [6.07, 6.45) is 0.797. The summed E-state index contributed by atoms with van der Waals surface area (Å²) < 4.78 is 0. The zero-order chi connectivity index (χ0) is 11.1. The molecule has 15 heavy (non-hydrogen) atoms. The molecule has 0 unspecified atom stereocenters. The normalized spacial score (nSPS) is 11.1.